The zero-order chi connectivity index (χ0) is 10.6. The molecule has 1 aliphatic rings. The number of piperidine rings is 1. The number of amides is 2. The van der Waals surface area contributed by atoms with Crippen molar-refractivity contribution < 1.29 is 19.1 Å². The van der Waals surface area contributed by atoms with Crippen LogP contribution in [0.25, 0.3) is 0 Å². The summed E-state index contributed by atoms with van der Waals surface area (Å²) in [4.78, 5) is 32.9. The number of hydrogen-bond donors (Lipinski definition) is 1. The number of ether oxygens (including phenoxy) is 1. The Bertz CT molecular complexity index is 246. The Labute approximate surface area is 81.8 Å². The van der Waals surface area contributed by atoms with Gasteiger partial charge in [0.1, 0.15) is 0 Å². The summed E-state index contributed by atoms with van der Waals surface area (Å²) in [5, 5.41) is 2.18. The van der Waals surface area contributed by atoms with Crippen molar-refractivity contribution in [2.24, 2.45) is 5.92 Å². The van der Waals surface area contributed by atoms with Crippen molar-refractivity contribution in [2.75, 3.05) is 6.61 Å². The summed E-state index contributed by atoms with van der Waals surface area (Å²) in [7, 11) is 0. The molecular weight excluding hydrogens is 186 g/mol. The predicted molar refractivity (Wildman–Crippen MR) is 47.1 cm³/mol. The molecular formula is C9H13NO4. The molecule has 1 fully saturated rings. The van der Waals surface area contributed by atoms with Crippen LogP contribution in [-0.4, -0.2) is 24.4 Å². The van der Waals surface area contributed by atoms with E-state index in [0.29, 0.717) is 6.61 Å². The van der Waals surface area contributed by atoms with E-state index in [1.807, 2.05) is 0 Å². The lowest BCUT2D eigenvalue weighted by molar-refractivity contribution is -0.145. The quantitative estimate of drug-likeness (QED) is 0.512. The van der Waals surface area contributed by atoms with Gasteiger partial charge in [0.15, 0.2) is 0 Å². The highest BCUT2D eigenvalue weighted by Gasteiger charge is 2.26. The summed E-state index contributed by atoms with van der Waals surface area (Å²) in [6, 6.07) is 0. The van der Waals surface area contributed by atoms with Crippen molar-refractivity contribution in [1.29, 1.82) is 0 Å². The van der Waals surface area contributed by atoms with Gasteiger partial charge in [0.25, 0.3) is 0 Å². The smallest absolute Gasteiger partial charge is 0.306 e. The van der Waals surface area contributed by atoms with Gasteiger partial charge in [-0.25, -0.2) is 0 Å². The first-order valence-electron chi connectivity index (χ1n) is 4.60. The van der Waals surface area contributed by atoms with Crippen LogP contribution in [0.3, 0.4) is 0 Å². The molecule has 0 spiro atoms. The lowest BCUT2D eigenvalue weighted by Crippen LogP contribution is -2.39. The molecule has 1 aliphatic heterocycles. The van der Waals surface area contributed by atoms with Gasteiger partial charge in [0.05, 0.1) is 6.61 Å². The van der Waals surface area contributed by atoms with Gasteiger partial charge in [-0.15, -0.1) is 0 Å². The Balaban J connectivity index is 2.40. The second-order valence-electron chi connectivity index (χ2n) is 3.25. The molecule has 0 saturated carbocycles. The zero-order valence-corrected chi connectivity index (χ0v) is 8.04. The van der Waals surface area contributed by atoms with Crippen molar-refractivity contribution >= 4 is 17.8 Å². The molecule has 0 aromatic carbocycles. The van der Waals surface area contributed by atoms with Crippen molar-refractivity contribution in [1.82, 2.24) is 5.32 Å². The fraction of sp³-hybridized carbons (Fsp3) is 0.667. The van der Waals surface area contributed by atoms with Gasteiger partial charge in [-0.05, 0) is 12.8 Å². The molecule has 5 nitrogen and oxygen atoms in total. The van der Waals surface area contributed by atoms with E-state index in [0.717, 1.165) is 0 Å². The third kappa shape index (κ3) is 3.16. The van der Waals surface area contributed by atoms with Crippen LogP contribution in [-0.2, 0) is 19.1 Å². The summed E-state index contributed by atoms with van der Waals surface area (Å²) in [5.74, 6) is -1.17. The Morgan fingerprint density at radius 1 is 1.43 bits per heavy atom. The predicted octanol–water partition coefficient (Wildman–Crippen LogP) is -0.00760. The highest BCUT2D eigenvalue weighted by Crippen LogP contribution is 2.17. The number of hydrogen-bond acceptors (Lipinski definition) is 4. The standard InChI is InChI=1S/C9H13NO4/c1-2-14-9(13)5-6-3-7(11)10-8(12)4-6/h6H,2-5H2,1H3,(H,10,11,12). The maximum Gasteiger partial charge on any atom is 0.306 e. The highest BCUT2D eigenvalue weighted by atomic mass is 16.5. The van der Waals surface area contributed by atoms with E-state index < -0.39 is 0 Å². The number of carbonyl (C=O) groups excluding carboxylic acids is 3. The molecule has 5 heteroatoms. The average molecular weight is 199 g/mol. The molecule has 78 valence electrons. The van der Waals surface area contributed by atoms with Crippen LogP contribution in [0, 0.1) is 5.92 Å². The number of rotatable bonds is 3. The van der Waals surface area contributed by atoms with E-state index in [1.54, 1.807) is 6.92 Å². The minimum atomic E-state index is -0.347. The molecule has 1 saturated heterocycles. The molecule has 1 heterocycles. The summed E-state index contributed by atoms with van der Waals surface area (Å²) in [6.45, 7) is 2.04. The van der Waals surface area contributed by atoms with Crippen LogP contribution in [0.1, 0.15) is 26.2 Å². The number of esters is 1. The topological polar surface area (TPSA) is 72.5 Å². The van der Waals surface area contributed by atoms with E-state index in [4.69, 9.17) is 4.74 Å². The van der Waals surface area contributed by atoms with Crippen LogP contribution < -0.4 is 5.32 Å². The molecule has 0 aromatic heterocycles. The van der Waals surface area contributed by atoms with Gasteiger partial charge in [-0.3, -0.25) is 19.7 Å². The molecule has 0 aliphatic carbocycles. The highest BCUT2D eigenvalue weighted by molar-refractivity contribution is 5.98. The molecule has 2 amide bonds. The van der Waals surface area contributed by atoms with E-state index in [-0.39, 0.29) is 43.0 Å². The number of nitrogens with one attached hydrogen (secondary N) is 1. The Morgan fingerprint density at radius 3 is 2.50 bits per heavy atom. The van der Waals surface area contributed by atoms with E-state index in [1.165, 1.54) is 0 Å². The Hall–Kier alpha value is -1.39. The van der Waals surface area contributed by atoms with Crippen LogP contribution in [0.15, 0.2) is 0 Å². The molecule has 0 atom stereocenters. The van der Waals surface area contributed by atoms with Gasteiger partial charge in [0.2, 0.25) is 11.8 Å². The zero-order valence-electron chi connectivity index (χ0n) is 8.04. The molecule has 0 radical (unpaired) electrons. The Kier molecular flexibility index (Phi) is 3.62. The molecule has 0 aromatic rings. The summed E-state index contributed by atoms with van der Waals surface area (Å²) in [6.07, 6.45) is 0.599. The molecule has 14 heavy (non-hydrogen) atoms. The second kappa shape index (κ2) is 4.74. The van der Waals surface area contributed by atoms with Crippen LogP contribution in [0.4, 0.5) is 0 Å². The first-order valence-corrected chi connectivity index (χ1v) is 4.60. The number of imide groups is 1. The molecule has 1 N–H and O–H groups in total. The fourth-order valence-electron chi connectivity index (χ4n) is 1.45. The van der Waals surface area contributed by atoms with Gasteiger partial charge >= 0.3 is 5.97 Å². The number of carbonyl (C=O) groups is 3. The van der Waals surface area contributed by atoms with Gasteiger partial charge in [-0.1, -0.05) is 0 Å². The first kappa shape index (κ1) is 10.7. The van der Waals surface area contributed by atoms with Crippen LogP contribution >= 0.6 is 0 Å². The van der Waals surface area contributed by atoms with E-state index >= 15 is 0 Å². The van der Waals surface area contributed by atoms with Crippen molar-refractivity contribution in [3.8, 4) is 0 Å². The Morgan fingerprint density at radius 2 is 2.00 bits per heavy atom. The third-order valence-electron chi connectivity index (χ3n) is 1.99. The lowest BCUT2D eigenvalue weighted by Gasteiger charge is -2.19. The summed E-state index contributed by atoms with van der Waals surface area (Å²) in [5.41, 5.74) is 0. The lowest BCUT2D eigenvalue weighted by atomic mass is 9.94. The summed E-state index contributed by atoms with van der Waals surface area (Å²) >= 11 is 0. The van der Waals surface area contributed by atoms with Crippen molar-refractivity contribution in [2.45, 2.75) is 26.2 Å². The fourth-order valence-corrected chi connectivity index (χ4v) is 1.45. The first-order chi connectivity index (χ1) is 6.61. The third-order valence-corrected chi connectivity index (χ3v) is 1.99. The average Bonchev–Trinajstić information content (AvgIpc) is 2.01. The van der Waals surface area contributed by atoms with Crippen LogP contribution in [0.5, 0.6) is 0 Å². The van der Waals surface area contributed by atoms with Crippen LogP contribution in [0.2, 0.25) is 0 Å². The maximum atomic E-state index is 11.1. The van der Waals surface area contributed by atoms with E-state index in [2.05, 4.69) is 5.32 Å². The van der Waals surface area contributed by atoms with E-state index in [9.17, 15) is 14.4 Å². The largest absolute Gasteiger partial charge is 0.466 e. The maximum absolute atomic E-state index is 11.1. The minimum absolute atomic E-state index is 0.146. The second-order valence-corrected chi connectivity index (χ2v) is 3.25. The molecule has 1 rings (SSSR count). The monoisotopic (exact) mass is 199 g/mol. The minimum Gasteiger partial charge on any atom is -0.466 e. The normalized spacial score (nSPS) is 17.8. The van der Waals surface area contributed by atoms with Crippen molar-refractivity contribution in [3.63, 3.8) is 0 Å². The van der Waals surface area contributed by atoms with Crippen molar-refractivity contribution in [3.05, 3.63) is 0 Å². The SMILES string of the molecule is CCOC(=O)CC1CC(=O)NC(=O)C1. The molecule has 0 unspecified atom stereocenters. The van der Waals surface area contributed by atoms with Gasteiger partial charge < -0.3 is 4.74 Å². The van der Waals surface area contributed by atoms with Gasteiger partial charge in [-0.2, -0.15) is 0 Å². The molecule has 0 bridgehead atoms. The van der Waals surface area contributed by atoms with Gasteiger partial charge in [0, 0.05) is 19.3 Å². The summed E-state index contributed by atoms with van der Waals surface area (Å²) < 4.78 is 4.73.